The van der Waals surface area contributed by atoms with Crippen LogP contribution in [0.1, 0.15) is 29.3 Å². The van der Waals surface area contributed by atoms with Gasteiger partial charge in [0, 0.05) is 30.1 Å². The Hall–Kier alpha value is -1.77. The van der Waals surface area contributed by atoms with Crippen molar-refractivity contribution < 1.29 is 4.79 Å². The van der Waals surface area contributed by atoms with Gasteiger partial charge in [0.2, 0.25) is 5.91 Å². The van der Waals surface area contributed by atoms with E-state index >= 15 is 0 Å². The van der Waals surface area contributed by atoms with E-state index in [0.717, 1.165) is 6.42 Å². The first-order valence-corrected chi connectivity index (χ1v) is 6.32. The Bertz CT molecular complexity index is 596. The zero-order valence-electron chi connectivity index (χ0n) is 11.5. The van der Waals surface area contributed by atoms with E-state index in [4.69, 9.17) is 0 Å². The lowest BCUT2D eigenvalue weighted by molar-refractivity contribution is -0.118. The molecule has 3 heteroatoms. The predicted octanol–water partition coefficient (Wildman–Crippen LogP) is 2.77. The molecule has 0 aliphatic heterocycles. The summed E-state index contributed by atoms with van der Waals surface area (Å²) in [6, 6.07) is 4.30. The SMILES string of the molecule is CC(=O)NCCc1c(C)[nH]c2c(C)ccc(C)c12. The molecule has 2 N–H and O–H groups in total. The lowest BCUT2D eigenvalue weighted by Crippen LogP contribution is -2.22. The zero-order chi connectivity index (χ0) is 13.3. The van der Waals surface area contributed by atoms with Crippen LogP contribution in [0.3, 0.4) is 0 Å². The first kappa shape index (κ1) is 12.7. The fraction of sp³-hybridized carbons (Fsp3) is 0.400. The van der Waals surface area contributed by atoms with Crippen LogP contribution in [0.15, 0.2) is 12.1 Å². The molecular weight excluding hydrogens is 224 g/mol. The minimum Gasteiger partial charge on any atom is -0.358 e. The van der Waals surface area contributed by atoms with Crippen LogP contribution in [-0.2, 0) is 11.2 Å². The third-order valence-corrected chi connectivity index (χ3v) is 3.44. The maximum atomic E-state index is 10.9. The van der Waals surface area contributed by atoms with E-state index in [0.29, 0.717) is 6.54 Å². The van der Waals surface area contributed by atoms with Gasteiger partial charge in [-0.3, -0.25) is 4.79 Å². The van der Waals surface area contributed by atoms with Gasteiger partial charge in [0.25, 0.3) is 0 Å². The monoisotopic (exact) mass is 244 g/mol. The van der Waals surface area contributed by atoms with Crippen LogP contribution in [0.25, 0.3) is 10.9 Å². The van der Waals surface area contributed by atoms with Gasteiger partial charge in [-0.25, -0.2) is 0 Å². The summed E-state index contributed by atoms with van der Waals surface area (Å²) >= 11 is 0. The Kier molecular flexibility index (Phi) is 3.41. The second-order valence-corrected chi connectivity index (χ2v) is 4.91. The molecule has 96 valence electrons. The second-order valence-electron chi connectivity index (χ2n) is 4.91. The number of aryl methyl sites for hydroxylation is 3. The molecule has 0 aliphatic carbocycles. The molecule has 0 radical (unpaired) electrons. The standard InChI is InChI=1S/C15H20N2O/c1-9-5-6-10(2)15-14(9)13(11(3)17-15)7-8-16-12(4)18/h5-6,17H,7-8H2,1-4H3,(H,16,18). The Morgan fingerprint density at radius 2 is 1.89 bits per heavy atom. The summed E-state index contributed by atoms with van der Waals surface area (Å²) in [6.45, 7) is 8.60. The van der Waals surface area contributed by atoms with Crippen molar-refractivity contribution in [1.82, 2.24) is 10.3 Å². The van der Waals surface area contributed by atoms with Crippen molar-refractivity contribution in [2.45, 2.75) is 34.1 Å². The van der Waals surface area contributed by atoms with Gasteiger partial charge in [-0.15, -0.1) is 0 Å². The number of carbonyl (C=O) groups excluding carboxylic acids is 1. The minimum atomic E-state index is 0.0281. The van der Waals surface area contributed by atoms with Crippen LogP contribution < -0.4 is 5.32 Å². The van der Waals surface area contributed by atoms with E-state index in [-0.39, 0.29) is 5.91 Å². The minimum absolute atomic E-state index is 0.0281. The third kappa shape index (κ3) is 2.26. The number of carbonyl (C=O) groups is 1. The first-order chi connectivity index (χ1) is 8.50. The molecule has 1 aromatic carbocycles. The molecule has 1 aromatic heterocycles. The van der Waals surface area contributed by atoms with Crippen molar-refractivity contribution >= 4 is 16.8 Å². The summed E-state index contributed by atoms with van der Waals surface area (Å²) in [5, 5.41) is 4.17. The molecule has 1 heterocycles. The van der Waals surface area contributed by atoms with Crippen LogP contribution in [-0.4, -0.2) is 17.4 Å². The fourth-order valence-electron chi connectivity index (χ4n) is 2.49. The molecule has 18 heavy (non-hydrogen) atoms. The van der Waals surface area contributed by atoms with Crippen molar-refractivity contribution in [2.75, 3.05) is 6.54 Å². The molecule has 0 saturated carbocycles. The lowest BCUT2D eigenvalue weighted by Gasteiger charge is -2.05. The number of H-pyrrole nitrogens is 1. The maximum absolute atomic E-state index is 10.9. The number of aromatic nitrogens is 1. The molecule has 3 nitrogen and oxygen atoms in total. The van der Waals surface area contributed by atoms with E-state index in [9.17, 15) is 4.79 Å². The Morgan fingerprint density at radius 1 is 1.22 bits per heavy atom. The quantitative estimate of drug-likeness (QED) is 0.856. The van der Waals surface area contributed by atoms with Crippen LogP contribution in [0.5, 0.6) is 0 Å². The topological polar surface area (TPSA) is 44.9 Å². The molecule has 0 spiro atoms. The van der Waals surface area contributed by atoms with Gasteiger partial charge in [-0.05, 0) is 43.9 Å². The number of benzene rings is 1. The summed E-state index contributed by atoms with van der Waals surface area (Å²) in [6.07, 6.45) is 0.871. The average Bonchev–Trinajstić information content (AvgIpc) is 2.63. The Morgan fingerprint density at radius 3 is 2.56 bits per heavy atom. The van der Waals surface area contributed by atoms with Gasteiger partial charge in [-0.1, -0.05) is 12.1 Å². The molecule has 2 rings (SSSR count). The number of amides is 1. The predicted molar refractivity (Wildman–Crippen MR) is 74.9 cm³/mol. The molecule has 1 amide bonds. The number of hydrogen-bond acceptors (Lipinski definition) is 1. The molecule has 0 atom stereocenters. The molecule has 0 unspecified atom stereocenters. The normalized spacial score (nSPS) is 10.9. The van der Waals surface area contributed by atoms with Gasteiger partial charge in [0.15, 0.2) is 0 Å². The maximum Gasteiger partial charge on any atom is 0.216 e. The summed E-state index contributed by atoms with van der Waals surface area (Å²) in [5.41, 5.74) is 6.31. The Balaban J connectivity index is 2.40. The van der Waals surface area contributed by atoms with E-state index in [1.807, 2.05) is 0 Å². The number of hydrogen-bond donors (Lipinski definition) is 2. The highest BCUT2D eigenvalue weighted by molar-refractivity contribution is 5.90. The van der Waals surface area contributed by atoms with Crippen molar-refractivity contribution in [3.05, 3.63) is 34.5 Å². The summed E-state index contributed by atoms with van der Waals surface area (Å²) in [5.74, 6) is 0.0281. The van der Waals surface area contributed by atoms with Crippen molar-refractivity contribution in [3.63, 3.8) is 0 Å². The van der Waals surface area contributed by atoms with Gasteiger partial charge in [0.1, 0.15) is 0 Å². The average molecular weight is 244 g/mol. The fourth-order valence-corrected chi connectivity index (χ4v) is 2.49. The first-order valence-electron chi connectivity index (χ1n) is 6.32. The van der Waals surface area contributed by atoms with Gasteiger partial charge in [-0.2, -0.15) is 0 Å². The smallest absolute Gasteiger partial charge is 0.216 e. The summed E-state index contributed by atoms with van der Waals surface area (Å²) < 4.78 is 0. The summed E-state index contributed by atoms with van der Waals surface area (Å²) in [7, 11) is 0. The van der Waals surface area contributed by atoms with Gasteiger partial charge < -0.3 is 10.3 Å². The molecule has 2 aromatic rings. The second kappa shape index (κ2) is 4.84. The molecule has 0 bridgehead atoms. The number of aromatic amines is 1. The number of rotatable bonds is 3. The molecule has 0 saturated heterocycles. The Labute approximate surface area is 108 Å². The molecule has 0 fully saturated rings. The van der Waals surface area contributed by atoms with Crippen LogP contribution >= 0.6 is 0 Å². The van der Waals surface area contributed by atoms with Crippen molar-refractivity contribution in [2.24, 2.45) is 0 Å². The van der Waals surface area contributed by atoms with Gasteiger partial charge in [0.05, 0.1) is 0 Å². The van der Waals surface area contributed by atoms with E-state index in [1.54, 1.807) is 6.92 Å². The number of nitrogens with one attached hydrogen (secondary N) is 2. The highest BCUT2D eigenvalue weighted by Crippen LogP contribution is 2.28. The lowest BCUT2D eigenvalue weighted by atomic mass is 10.0. The third-order valence-electron chi connectivity index (χ3n) is 3.44. The van der Waals surface area contributed by atoms with Crippen LogP contribution in [0.4, 0.5) is 0 Å². The molecular formula is C15H20N2O. The van der Waals surface area contributed by atoms with E-state index in [2.05, 4.69) is 43.2 Å². The van der Waals surface area contributed by atoms with Crippen molar-refractivity contribution in [3.8, 4) is 0 Å². The van der Waals surface area contributed by atoms with Gasteiger partial charge >= 0.3 is 0 Å². The largest absolute Gasteiger partial charge is 0.358 e. The molecule has 0 aliphatic rings. The number of fused-ring (bicyclic) bond motifs is 1. The van der Waals surface area contributed by atoms with Crippen molar-refractivity contribution in [1.29, 1.82) is 0 Å². The van der Waals surface area contributed by atoms with Crippen LogP contribution in [0, 0.1) is 20.8 Å². The highest BCUT2D eigenvalue weighted by Gasteiger charge is 2.11. The zero-order valence-corrected chi connectivity index (χ0v) is 11.5. The van der Waals surface area contributed by atoms with E-state index < -0.39 is 0 Å². The van der Waals surface area contributed by atoms with E-state index in [1.165, 1.54) is 33.3 Å². The van der Waals surface area contributed by atoms with Crippen LogP contribution in [0.2, 0.25) is 0 Å². The highest BCUT2D eigenvalue weighted by atomic mass is 16.1. The summed E-state index contributed by atoms with van der Waals surface area (Å²) in [4.78, 5) is 14.4.